The minimum atomic E-state index is 0.00735. The van der Waals surface area contributed by atoms with Crippen LogP contribution in [0.2, 0.25) is 0 Å². The van der Waals surface area contributed by atoms with Crippen molar-refractivity contribution in [3.63, 3.8) is 0 Å². The van der Waals surface area contributed by atoms with Crippen molar-refractivity contribution in [3.8, 4) is 5.82 Å². The summed E-state index contributed by atoms with van der Waals surface area (Å²) >= 11 is 0. The zero-order chi connectivity index (χ0) is 14.9. The molecule has 0 aromatic carbocycles. The molecule has 112 valence electrons. The van der Waals surface area contributed by atoms with Gasteiger partial charge in [-0.25, -0.2) is 14.6 Å². The van der Waals surface area contributed by atoms with Crippen molar-refractivity contribution in [2.24, 2.45) is 0 Å². The standard InChI is InChI=1S/C16H17N5O/c22-14-6-10-21(20-8-2-1-3-9-20)16-13(14)4-5-15(18-16)19-11-7-17-12-19/h4-7,10-12H,1-3,8-9H2. The van der Waals surface area contributed by atoms with E-state index in [-0.39, 0.29) is 5.43 Å². The van der Waals surface area contributed by atoms with Crippen LogP contribution in [-0.4, -0.2) is 32.3 Å². The lowest BCUT2D eigenvalue weighted by atomic mass is 10.2. The zero-order valence-corrected chi connectivity index (χ0v) is 12.2. The summed E-state index contributed by atoms with van der Waals surface area (Å²) in [5.41, 5.74) is 0.716. The maximum Gasteiger partial charge on any atom is 0.191 e. The minimum Gasteiger partial charge on any atom is -0.311 e. The highest BCUT2D eigenvalue weighted by Crippen LogP contribution is 2.15. The molecule has 1 aliphatic rings. The van der Waals surface area contributed by atoms with Gasteiger partial charge in [0.25, 0.3) is 0 Å². The summed E-state index contributed by atoms with van der Waals surface area (Å²) < 4.78 is 3.87. The topological polar surface area (TPSA) is 56.0 Å². The van der Waals surface area contributed by atoms with Crippen molar-refractivity contribution in [1.29, 1.82) is 0 Å². The Bertz CT molecular complexity index is 847. The maximum atomic E-state index is 12.1. The van der Waals surface area contributed by atoms with Gasteiger partial charge in [0.05, 0.1) is 5.39 Å². The summed E-state index contributed by atoms with van der Waals surface area (Å²) in [6, 6.07) is 5.32. The van der Waals surface area contributed by atoms with E-state index >= 15 is 0 Å². The third-order valence-corrected chi connectivity index (χ3v) is 4.12. The van der Waals surface area contributed by atoms with Crippen LogP contribution in [0.5, 0.6) is 0 Å². The number of imidazole rings is 1. The monoisotopic (exact) mass is 295 g/mol. The maximum absolute atomic E-state index is 12.1. The van der Waals surface area contributed by atoms with Gasteiger partial charge in [-0.3, -0.25) is 9.36 Å². The molecule has 0 bridgehead atoms. The van der Waals surface area contributed by atoms with Gasteiger partial charge in [0, 0.05) is 37.7 Å². The molecule has 1 saturated heterocycles. The van der Waals surface area contributed by atoms with Gasteiger partial charge >= 0.3 is 0 Å². The van der Waals surface area contributed by atoms with Crippen molar-refractivity contribution >= 4 is 11.0 Å². The van der Waals surface area contributed by atoms with Crippen LogP contribution in [0.15, 0.2) is 47.9 Å². The van der Waals surface area contributed by atoms with Gasteiger partial charge in [-0.15, -0.1) is 0 Å². The molecule has 0 radical (unpaired) electrons. The van der Waals surface area contributed by atoms with Crippen molar-refractivity contribution in [2.45, 2.75) is 19.3 Å². The normalized spacial score (nSPS) is 15.4. The van der Waals surface area contributed by atoms with Gasteiger partial charge in [0.2, 0.25) is 0 Å². The number of pyridine rings is 2. The predicted octanol–water partition coefficient (Wildman–Crippen LogP) is 1.70. The Kier molecular flexibility index (Phi) is 3.14. The quantitative estimate of drug-likeness (QED) is 0.722. The largest absolute Gasteiger partial charge is 0.311 e. The third-order valence-electron chi connectivity index (χ3n) is 4.12. The van der Waals surface area contributed by atoms with E-state index in [0.29, 0.717) is 11.0 Å². The van der Waals surface area contributed by atoms with Gasteiger partial charge < -0.3 is 5.01 Å². The highest BCUT2D eigenvalue weighted by Gasteiger charge is 2.14. The molecule has 0 N–H and O–H groups in total. The summed E-state index contributed by atoms with van der Waals surface area (Å²) in [6.45, 7) is 1.99. The summed E-state index contributed by atoms with van der Waals surface area (Å²) in [7, 11) is 0. The molecule has 3 aromatic rings. The molecule has 22 heavy (non-hydrogen) atoms. The molecule has 0 unspecified atom stereocenters. The molecule has 6 heteroatoms. The first-order valence-electron chi connectivity index (χ1n) is 7.59. The third kappa shape index (κ3) is 2.16. The number of hydrogen-bond acceptors (Lipinski definition) is 4. The summed E-state index contributed by atoms with van der Waals surface area (Å²) in [4.78, 5) is 20.9. The summed E-state index contributed by atoms with van der Waals surface area (Å²) in [5.74, 6) is 0.765. The number of rotatable bonds is 2. The molecular formula is C16H17N5O. The second-order valence-electron chi connectivity index (χ2n) is 5.55. The van der Waals surface area contributed by atoms with Gasteiger partial charge in [-0.2, -0.15) is 0 Å². The fraction of sp³-hybridized carbons (Fsp3) is 0.312. The second kappa shape index (κ2) is 5.29. The highest BCUT2D eigenvalue weighted by atomic mass is 16.1. The van der Waals surface area contributed by atoms with Crippen LogP contribution in [0.4, 0.5) is 0 Å². The Hall–Kier alpha value is -2.63. The average Bonchev–Trinajstić information content (AvgIpc) is 3.10. The van der Waals surface area contributed by atoms with Gasteiger partial charge in [-0.05, 0) is 31.4 Å². The Morgan fingerprint density at radius 2 is 1.86 bits per heavy atom. The average molecular weight is 295 g/mol. The van der Waals surface area contributed by atoms with E-state index in [1.807, 2.05) is 33.8 Å². The molecule has 1 aliphatic heterocycles. The molecule has 0 aliphatic carbocycles. The lowest BCUT2D eigenvalue weighted by molar-refractivity contribution is 0.484. The van der Waals surface area contributed by atoms with E-state index in [1.165, 1.54) is 19.3 Å². The Balaban J connectivity index is 1.90. The number of hydrogen-bond donors (Lipinski definition) is 0. The number of fused-ring (bicyclic) bond motifs is 1. The van der Waals surface area contributed by atoms with Crippen molar-refractivity contribution in [3.05, 3.63) is 53.3 Å². The second-order valence-corrected chi connectivity index (χ2v) is 5.55. The molecule has 0 spiro atoms. The molecule has 4 heterocycles. The van der Waals surface area contributed by atoms with Gasteiger partial charge in [0.15, 0.2) is 11.1 Å². The van der Waals surface area contributed by atoms with Crippen molar-refractivity contribution in [2.75, 3.05) is 18.1 Å². The predicted molar refractivity (Wildman–Crippen MR) is 84.9 cm³/mol. The fourth-order valence-corrected chi connectivity index (χ4v) is 2.96. The van der Waals surface area contributed by atoms with Crippen LogP contribution in [-0.2, 0) is 0 Å². The molecule has 0 atom stereocenters. The molecule has 3 aromatic heterocycles. The van der Waals surface area contributed by atoms with Crippen LogP contribution >= 0.6 is 0 Å². The lowest BCUT2D eigenvalue weighted by Gasteiger charge is -2.31. The smallest absolute Gasteiger partial charge is 0.191 e. The first kappa shape index (κ1) is 13.1. The van der Waals surface area contributed by atoms with Crippen LogP contribution in [0.1, 0.15) is 19.3 Å². The molecular weight excluding hydrogens is 278 g/mol. The number of piperidine rings is 1. The zero-order valence-electron chi connectivity index (χ0n) is 12.2. The lowest BCUT2D eigenvalue weighted by Crippen LogP contribution is -2.40. The van der Waals surface area contributed by atoms with Crippen LogP contribution in [0.25, 0.3) is 16.9 Å². The van der Waals surface area contributed by atoms with Crippen LogP contribution in [0, 0.1) is 0 Å². The Morgan fingerprint density at radius 3 is 2.64 bits per heavy atom. The van der Waals surface area contributed by atoms with Gasteiger partial charge in [0.1, 0.15) is 12.1 Å². The van der Waals surface area contributed by atoms with E-state index in [0.717, 1.165) is 18.9 Å². The Morgan fingerprint density at radius 1 is 1.00 bits per heavy atom. The minimum absolute atomic E-state index is 0.00735. The SMILES string of the molecule is O=c1ccn(N2CCCCC2)c2nc(-n3ccnc3)ccc12. The molecule has 4 rings (SSSR count). The van der Waals surface area contributed by atoms with E-state index in [2.05, 4.69) is 9.99 Å². The fourth-order valence-electron chi connectivity index (χ4n) is 2.96. The van der Waals surface area contributed by atoms with Crippen LogP contribution in [0.3, 0.4) is 0 Å². The van der Waals surface area contributed by atoms with Crippen molar-refractivity contribution < 1.29 is 0 Å². The van der Waals surface area contributed by atoms with E-state index < -0.39 is 0 Å². The molecule has 1 fully saturated rings. The Labute approximate surface area is 127 Å². The first-order chi connectivity index (χ1) is 10.8. The van der Waals surface area contributed by atoms with E-state index in [4.69, 9.17) is 4.98 Å². The van der Waals surface area contributed by atoms with Crippen LogP contribution < -0.4 is 10.4 Å². The van der Waals surface area contributed by atoms with Gasteiger partial charge in [-0.1, -0.05) is 0 Å². The van der Waals surface area contributed by atoms with Crippen molar-refractivity contribution in [1.82, 2.24) is 19.2 Å². The summed E-state index contributed by atoms with van der Waals surface area (Å²) in [6.07, 6.45) is 10.7. The molecule has 0 saturated carbocycles. The number of nitrogens with zero attached hydrogens (tertiary/aromatic N) is 5. The van der Waals surface area contributed by atoms with E-state index in [9.17, 15) is 4.79 Å². The number of aromatic nitrogens is 4. The van der Waals surface area contributed by atoms with E-state index in [1.54, 1.807) is 18.6 Å². The summed E-state index contributed by atoms with van der Waals surface area (Å²) in [5, 5.41) is 2.91. The first-order valence-corrected chi connectivity index (χ1v) is 7.59. The highest BCUT2D eigenvalue weighted by molar-refractivity contribution is 5.76. The molecule has 0 amide bonds. The molecule has 6 nitrogen and oxygen atoms in total.